The molecule has 0 fully saturated rings. The van der Waals surface area contributed by atoms with E-state index < -0.39 is 0 Å². The van der Waals surface area contributed by atoms with Gasteiger partial charge in [-0.15, -0.1) is 0 Å². The summed E-state index contributed by atoms with van der Waals surface area (Å²) in [5.74, 6) is -0.172. The Kier molecular flexibility index (Phi) is 12.8. The lowest BCUT2D eigenvalue weighted by atomic mass is 10.1. The summed E-state index contributed by atoms with van der Waals surface area (Å²) in [6.07, 6.45) is 13.8. The fourth-order valence-corrected chi connectivity index (χ4v) is 2.58. The Bertz CT molecular complexity index is 252. The van der Waals surface area contributed by atoms with Gasteiger partial charge in [0.1, 0.15) is 13.2 Å². The number of hydrogen-bond donors (Lipinski definition) is 0. The fraction of sp³-hybridized carbons (Fsp3) is 0.944. The molecule has 0 aliphatic carbocycles. The highest BCUT2D eigenvalue weighted by Crippen LogP contribution is 2.11. The Hall–Kier alpha value is -0.570. The van der Waals surface area contributed by atoms with E-state index in [1.165, 1.54) is 77.7 Å². The second-order valence-corrected chi connectivity index (χ2v) is 6.90. The zero-order valence-corrected chi connectivity index (χ0v) is 15.0. The smallest absolute Gasteiger partial charge is 0.302 e. The number of unbranched alkanes of at least 4 members (excludes halogenated alkanes) is 9. The average molecular weight is 301 g/mol. The molecule has 0 aliphatic rings. The van der Waals surface area contributed by atoms with E-state index in [9.17, 15) is 4.79 Å². The van der Waals surface area contributed by atoms with Crippen LogP contribution in [-0.2, 0) is 9.53 Å². The maximum Gasteiger partial charge on any atom is 0.302 e. The number of carbonyl (C=O) groups excluding carboxylic acids is 1. The minimum atomic E-state index is -0.172. The number of carbonyl (C=O) groups is 1. The van der Waals surface area contributed by atoms with Crippen LogP contribution in [0.2, 0.25) is 0 Å². The number of quaternary nitrogens is 1. The molecule has 0 unspecified atom stereocenters. The van der Waals surface area contributed by atoms with Crippen molar-refractivity contribution < 1.29 is 14.0 Å². The first-order valence-corrected chi connectivity index (χ1v) is 8.93. The van der Waals surface area contributed by atoms with Gasteiger partial charge in [-0.05, 0) is 12.8 Å². The summed E-state index contributed by atoms with van der Waals surface area (Å²) in [5, 5.41) is 0. The Morgan fingerprint density at radius 3 is 1.76 bits per heavy atom. The summed E-state index contributed by atoms with van der Waals surface area (Å²) in [7, 11) is 4.44. The van der Waals surface area contributed by atoms with Crippen molar-refractivity contribution in [2.24, 2.45) is 0 Å². The minimum absolute atomic E-state index is 0.172. The van der Waals surface area contributed by atoms with E-state index in [0.29, 0.717) is 6.61 Å². The molecule has 0 aliphatic heterocycles. The van der Waals surface area contributed by atoms with Crippen LogP contribution in [0.5, 0.6) is 0 Å². The summed E-state index contributed by atoms with van der Waals surface area (Å²) in [6.45, 7) is 6.38. The van der Waals surface area contributed by atoms with Gasteiger partial charge in [-0.25, -0.2) is 0 Å². The highest BCUT2D eigenvalue weighted by Gasteiger charge is 2.14. The first kappa shape index (κ1) is 20.4. The fourth-order valence-electron chi connectivity index (χ4n) is 2.58. The Morgan fingerprint density at radius 2 is 1.29 bits per heavy atom. The zero-order valence-electron chi connectivity index (χ0n) is 15.0. The van der Waals surface area contributed by atoms with Gasteiger partial charge in [0.15, 0.2) is 0 Å². The normalized spacial score (nSPS) is 11.6. The van der Waals surface area contributed by atoms with Crippen molar-refractivity contribution in [3.8, 4) is 0 Å². The molecule has 0 N–H and O–H groups in total. The molecule has 3 nitrogen and oxygen atoms in total. The van der Waals surface area contributed by atoms with Crippen molar-refractivity contribution in [2.75, 3.05) is 33.8 Å². The van der Waals surface area contributed by atoms with Crippen LogP contribution in [0, 0.1) is 0 Å². The second-order valence-electron chi connectivity index (χ2n) is 6.90. The quantitative estimate of drug-likeness (QED) is 0.267. The maximum atomic E-state index is 10.7. The summed E-state index contributed by atoms with van der Waals surface area (Å²) in [4.78, 5) is 10.7. The van der Waals surface area contributed by atoms with Gasteiger partial charge >= 0.3 is 5.97 Å². The van der Waals surface area contributed by atoms with Gasteiger partial charge in [0, 0.05) is 6.92 Å². The number of hydrogen-bond acceptors (Lipinski definition) is 2. The third-order valence-corrected chi connectivity index (χ3v) is 4.12. The van der Waals surface area contributed by atoms with E-state index in [2.05, 4.69) is 21.0 Å². The molecule has 21 heavy (non-hydrogen) atoms. The van der Waals surface area contributed by atoms with Crippen molar-refractivity contribution in [3.05, 3.63) is 0 Å². The highest BCUT2D eigenvalue weighted by atomic mass is 16.5. The van der Waals surface area contributed by atoms with E-state index in [1.54, 1.807) is 0 Å². The van der Waals surface area contributed by atoms with Crippen LogP contribution in [0.15, 0.2) is 0 Å². The summed E-state index contributed by atoms with van der Waals surface area (Å²) in [6, 6.07) is 0. The van der Waals surface area contributed by atoms with Crippen LogP contribution in [-0.4, -0.2) is 44.2 Å². The first-order chi connectivity index (χ1) is 9.98. The number of rotatable bonds is 14. The third kappa shape index (κ3) is 15.6. The molecule has 0 aromatic rings. The molecule has 0 saturated carbocycles. The molecule has 0 amide bonds. The van der Waals surface area contributed by atoms with Crippen molar-refractivity contribution in [3.63, 3.8) is 0 Å². The van der Waals surface area contributed by atoms with Crippen LogP contribution in [0.3, 0.4) is 0 Å². The van der Waals surface area contributed by atoms with E-state index in [-0.39, 0.29) is 5.97 Å². The second kappa shape index (κ2) is 13.1. The maximum absolute atomic E-state index is 10.7. The van der Waals surface area contributed by atoms with Gasteiger partial charge in [0.2, 0.25) is 0 Å². The van der Waals surface area contributed by atoms with E-state index in [0.717, 1.165) is 11.0 Å². The molecule has 0 aromatic carbocycles. The predicted molar refractivity (Wildman–Crippen MR) is 90.3 cm³/mol. The average Bonchev–Trinajstić information content (AvgIpc) is 2.40. The molecule has 0 aromatic heterocycles. The molecular formula is C18H38NO2+. The lowest BCUT2D eigenvalue weighted by Gasteiger charge is -2.29. The monoisotopic (exact) mass is 300 g/mol. The number of nitrogens with zero attached hydrogens (tertiary/aromatic N) is 1. The highest BCUT2D eigenvalue weighted by molar-refractivity contribution is 5.65. The zero-order chi connectivity index (χ0) is 16.0. The Balaban J connectivity index is 3.34. The molecule has 0 atom stereocenters. The lowest BCUT2D eigenvalue weighted by Crippen LogP contribution is -2.43. The molecular weight excluding hydrogens is 262 g/mol. The number of esters is 1. The molecule has 0 rings (SSSR count). The summed E-state index contributed by atoms with van der Waals surface area (Å²) >= 11 is 0. The van der Waals surface area contributed by atoms with Crippen molar-refractivity contribution in [1.82, 2.24) is 0 Å². The van der Waals surface area contributed by atoms with Crippen molar-refractivity contribution in [2.45, 2.75) is 78.1 Å². The molecule has 0 spiro atoms. The van der Waals surface area contributed by atoms with Gasteiger partial charge in [-0.3, -0.25) is 4.79 Å². The minimum Gasteiger partial charge on any atom is -0.460 e. The van der Waals surface area contributed by atoms with Gasteiger partial charge in [0.05, 0.1) is 20.6 Å². The lowest BCUT2D eigenvalue weighted by molar-refractivity contribution is -0.890. The Labute approximate surface area is 132 Å². The van der Waals surface area contributed by atoms with Crippen molar-refractivity contribution >= 4 is 5.97 Å². The van der Waals surface area contributed by atoms with E-state index >= 15 is 0 Å². The topological polar surface area (TPSA) is 26.3 Å². The van der Waals surface area contributed by atoms with Crippen LogP contribution >= 0.6 is 0 Å². The van der Waals surface area contributed by atoms with Gasteiger partial charge in [-0.2, -0.15) is 0 Å². The summed E-state index contributed by atoms with van der Waals surface area (Å²) in [5.41, 5.74) is 0. The predicted octanol–water partition coefficient (Wildman–Crippen LogP) is 4.55. The largest absolute Gasteiger partial charge is 0.460 e. The molecule has 0 radical (unpaired) electrons. The molecule has 3 heteroatoms. The molecule has 126 valence electrons. The van der Waals surface area contributed by atoms with Crippen LogP contribution in [0.4, 0.5) is 0 Å². The van der Waals surface area contributed by atoms with Crippen LogP contribution in [0.25, 0.3) is 0 Å². The van der Waals surface area contributed by atoms with Gasteiger partial charge in [-0.1, -0.05) is 58.3 Å². The standard InChI is InChI=1S/C18H38NO2/c1-5-6-7-8-9-10-11-12-13-14-15-19(3,4)16-17-21-18(2)20/h5-17H2,1-4H3/q+1. The molecule has 0 heterocycles. The third-order valence-electron chi connectivity index (χ3n) is 4.12. The van der Waals surface area contributed by atoms with Crippen LogP contribution in [0.1, 0.15) is 78.1 Å². The number of likely N-dealkylation sites (N-methyl/N-ethyl adjacent to an activating group) is 1. The van der Waals surface area contributed by atoms with Gasteiger partial charge in [0.25, 0.3) is 0 Å². The summed E-state index contributed by atoms with van der Waals surface area (Å²) < 4.78 is 5.97. The van der Waals surface area contributed by atoms with E-state index in [4.69, 9.17) is 4.74 Å². The SMILES string of the molecule is CCCCCCCCCCCC[N+](C)(C)CCOC(C)=O. The Morgan fingerprint density at radius 1 is 0.810 bits per heavy atom. The van der Waals surface area contributed by atoms with Crippen molar-refractivity contribution in [1.29, 1.82) is 0 Å². The first-order valence-electron chi connectivity index (χ1n) is 8.93. The molecule has 0 saturated heterocycles. The number of ether oxygens (including phenoxy) is 1. The van der Waals surface area contributed by atoms with Gasteiger partial charge < -0.3 is 9.22 Å². The van der Waals surface area contributed by atoms with Crippen LogP contribution < -0.4 is 0 Å². The molecule has 0 bridgehead atoms. The van der Waals surface area contributed by atoms with E-state index in [1.807, 2.05) is 0 Å².